The van der Waals surface area contributed by atoms with Crippen molar-refractivity contribution in [1.29, 1.82) is 0 Å². The molecular weight excluding hydrogens is 687 g/mol. The number of fused-ring (bicyclic) bond motifs is 14. The van der Waals surface area contributed by atoms with E-state index >= 15 is 0 Å². The van der Waals surface area contributed by atoms with Crippen molar-refractivity contribution in [2.45, 2.75) is 57.8 Å². The fraction of sp³-hybridized carbons (Fsp3) is 0.161. The van der Waals surface area contributed by atoms with Crippen molar-refractivity contribution in [3.05, 3.63) is 185 Å². The van der Waals surface area contributed by atoms with Crippen molar-refractivity contribution in [1.82, 2.24) is 4.98 Å². The molecule has 0 amide bonds. The Kier molecular flexibility index (Phi) is 6.32. The fourth-order valence-electron chi connectivity index (χ4n) is 11.5. The summed E-state index contributed by atoms with van der Waals surface area (Å²) in [4.78, 5) is 5.30. The van der Waals surface area contributed by atoms with E-state index in [-0.39, 0.29) is 16.2 Å². The normalized spacial score (nSPS) is 16.0. The maximum Gasteiger partial charge on any atom is 0.0718 e. The van der Waals surface area contributed by atoms with Gasteiger partial charge in [-0.1, -0.05) is 175 Å². The summed E-state index contributed by atoms with van der Waals surface area (Å²) in [7, 11) is 0. The number of aromatic nitrogens is 1. The lowest BCUT2D eigenvalue weighted by molar-refractivity contribution is 0.660. The number of hydrogen-bond donors (Lipinski definition) is 0. The van der Waals surface area contributed by atoms with Crippen LogP contribution in [0.15, 0.2) is 152 Å². The molecule has 57 heavy (non-hydrogen) atoms. The lowest BCUT2D eigenvalue weighted by Crippen LogP contribution is -2.15. The van der Waals surface area contributed by atoms with Gasteiger partial charge in [-0.15, -0.1) is 0 Å². The van der Waals surface area contributed by atoms with Crippen molar-refractivity contribution in [2.24, 2.45) is 0 Å². The first-order chi connectivity index (χ1) is 27.6. The molecule has 0 radical (unpaired) electrons. The van der Waals surface area contributed by atoms with Gasteiger partial charge < -0.3 is 0 Å². The fourth-order valence-corrected chi connectivity index (χ4v) is 11.5. The van der Waals surface area contributed by atoms with Crippen LogP contribution < -0.4 is 0 Å². The molecule has 1 aromatic heterocycles. The molecule has 8 aromatic carbocycles. The highest BCUT2D eigenvalue weighted by molar-refractivity contribution is 6.26. The largest absolute Gasteiger partial charge is 0.256 e. The third kappa shape index (κ3) is 4.07. The minimum Gasteiger partial charge on any atom is -0.256 e. The summed E-state index contributed by atoms with van der Waals surface area (Å²) < 4.78 is 0. The zero-order valence-electron chi connectivity index (χ0n) is 33.4. The molecule has 1 heteroatoms. The third-order valence-electron chi connectivity index (χ3n) is 14.3. The predicted molar refractivity (Wildman–Crippen MR) is 240 cm³/mol. The van der Waals surface area contributed by atoms with Gasteiger partial charge in [-0.3, -0.25) is 4.98 Å². The van der Waals surface area contributed by atoms with Gasteiger partial charge in [0.25, 0.3) is 0 Å². The van der Waals surface area contributed by atoms with E-state index in [2.05, 4.69) is 193 Å². The molecule has 1 nitrogen and oxygen atoms in total. The first-order valence-electron chi connectivity index (χ1n) is 20.5. The van der Waals surface area contributed by atoms with Gasteiger partial charge in [0.05, 0.1) is 5.69 Å². The number of nitrogens with zero attached hydrogens (tertiary/aromatic N) is 1. The smallest absolute Gasteiger partial charge is 0.0718 e. The summed E-state index contributed by atoms with van der Waals surface area (Å²) in [5, 5.41) is 7.67. The lowest BCUT2D eigenvalue weighted by atomic mass is 9.77. The third-order valence-corrected chi connectivity index (χ3v) is 14.3. The molecule has 1 heterocycles. The Bertz CT molecular complexity index is 3190. The Hall–Kier alpha value is -6.31. The molecule has 0 saturated carbocycles. The Balaban J connectivity index is 1.21. The maximum absolute atomic E-state index is 5.30. The Morgan fingerprint density at radius 2 is 0.772 bits per heavy atom. The average Bonchev–Trinajstić information content (AvgIpc) is 3.72. The molecule has 0 N–H and O–H groups in total. The van der Waals surface area contributed by atoms with E-state index in [0.29, 0.717) is 0 Å². The number of benzene rings is 8. The van der Waals surface area contributed by atoms with Crippen LogP contribution in [0.4, 0.5) is 0 Å². The lowest BCUT2D eigenvalue weighted by Gasteiger charge is -2.26. The second-order valence-corrected chi connectivity index (χ2v) is 18.2. The summed E-state index contributed by atoms with van der Waals surface area (Å²) in [5.74, 6) is 0. The van der Waals surface area contributed by atoms with E-state index in [1.54, 1.807) is 0 Å². The van der Waals surface area contributed by atoms with E-state index < -0.39 is 0 Å². The Morgan fingerprint density at radius 1 is 0.316 bits per heavy atom. The predicted octanol–water partition coefficient (Wildman–Crippen LogP) is 14.8. The van der Waals surface area contributed by atoms with Crippen molar-refractivity contribution >= 4 is 32.3 Å². The molecule has 272 valence electrons. The number of pyridine rings is 1. The molecule has 0 spiro atoms. The van der Waals surface area contributed by atoms with E-state index in [9.17, 15) is 0 Å². The molecular formula is C56H43N. The zero-order valence-corrected chi connectivity index (χ0v) is 33.4. The van der Waals surface area contributed by atoms with Gasteiger partial charge in [-0.25, -0.2) is 0 Å². The zero-order chi connectivity index (χ0) is 38.6. The van der Waals surface area contributed by atoms with Crippen molar-refractivity contribution in [3.63, 3.8) is 0 Å². The van der Waals surface area contributed by atoms with Gasteiger partial charge in [0.2, 0.25) is 0 Å². The van der Waals surface area contributed by atoms with Crippen LogP contribution in [0.25, 0.3) is 88.1 Å². The van der Waals surface area contributed by atoms with Crippen molar-refractivity contribution in [3.8, 4) is 55.8 Å². The maximum atomic E-state index is 5.30. The van der Waals surface area contributed by atoms with Gasteiger partial charge in [-0.05, 0) is 117 Å². The summed E-state index contributed by atoms with van der Waals surface area (Å²) in [6.45, 7) is 14.4. The van der Waals surface area contributed by atoms with Crippen LogP contribution in [-0.2, 0) is 16.2 Å². The molecule has 0 fully saturated rings. The van der Waals surface area contributed by atoms with E-state index in [4.69, 9.17) is 4.98 Å². The SMILES string of the molecule is CC1(C)c2ccccc2-c2cnc(-c3c4ccccc4c(-c4cc5c(c6c7c(ccc46)C(C)(C)c4ccccc4-7)-c4ccccc4C5(C)C)c4ccccc34)cc21. The van der Waals surface area contributed by atoms with Crippen LogP contribution in [0.3, 0.4) is 0 Å². The first kappa shape index (κ1) is 32.9. The number of rotatable bonds is 2. The molecule has 0 unspecified atom stereocenters. The first-order valence-corrected chi connectivity index (χ1v) is 20.5. The summed E-state index contributed by atoms with van der Waals surface area (Å²) in [6, 6.07) is 55.1. The summed E-state index contributed by atoms with van der Waals surface area (Å²) >= 11 is 0. The van der Waals surface area contributed by atoms with Crippen LogP contribution in [-0.4, -0.2) is 4.98 Å². The molecule has 0 aliphatic heterocycles. The molecule has 12 rings (SSSR count). The molecule has 0 bridgehead atoms. The Morgan fingerprint density at radius 3 is 1.37 bits per heavy atom. The van der Waals surface area contributed by atoms with Gasteiger partial charge in [-0.2, -0.15) is 0 Å². The summed E-state index contributed by atoms with van der Waals surface area (Å²) in [5.41, 5.74) is 20.8. The quantitative estimate of drug-likeness (QED) is 0.161. The van der Waals surface area contributed by atoms with Gasteiger partial charge in [0.1, 0.15) is 0 Å². The van der Waals surface area contributed by atoms with Gasteiger partial charge in [0.15, 0.2) is 0 Å². The highest BCUT2D eigenvalue weighted by Gasteiger charge is 2.42. The van der Waals surface area contributed by atoms with Crippen LogP contribution >= 0.6 is 0 Å². The molecule has 3 aliphatic rings. The van der Waals surface area contributed by atoms with Crippen molar-refractivity contribution < 1.29 is 0 Å². The minimum atomic E-state index is -0.171. The summed E-state index contributed by atoms with van der Waals surface area (Å²) in [6.07, 6.45) is 2.13. The van der Waals surface area contributed by atoms with Crippen molar-refractivity contribution in [2.75, 3.05) is 0 Å². The van der Waals surface area contributed by atoms with E-state index in [1.165, 1.54) is 116 Å². The standard InChI is InChI=1S/C56H43N/c1-54(2)43-25-15-12-22-38(43)51-45(54)28-27-37-40(29-47-52(53(37)51)39-23-13-16-26-44(39)56(47,5)6)49-33-18-7-9-20-35(33)50(36-21-10-8-19-34(36)49)48-30-46-41(31-57-48)32-17-11-14-24-42(32)55(46,3)4/h7-31H,1-6H3. The molecule has 0 saturated heterocycles. The second kappa shape index (κ2) is 11.0. The highest BCUT2D eigenvalue weighted by Crippen LogP contribution is 2.60. The van der Waals surface area contributed by atoms with E-state index in [1.807, 2.05) is 0 Å². The highest BCUT2D eigenvalue weighted by atomic mass is 14.7. The van der Waals surface area contributed by atoms with Gasteiger partial charge >= 0.3 is 0 Å². The molecule has 0 atom stereocenters. The minimum absolute atomic E-state index is 0.101. The monoisotopic (exact) mass is 729 g/mol. The Labute approximate surface area is 334 Å². The van der Waals surface area contributed by atoms with Crippen LogP contribution in [0, 0.1) is 0 Å². The van der Waals surface area contributed by atoms with E-state index in [0.717, 1.165) is 5.69 Å². The molecule has 3 aliphatic carbocycles. The van der Waals surface area contributed by atoms with Crippen LogP contribution in [0.5, 0.6) is 0 Å². The van der Waals surface area contributed by atoms with Gasteiger partial charge in [0, 0.05) is 33.6 Å². The van der Waals surface area contributed by atoms with Crippen LogP contribution in [0.2, 0.25) is 0 Å². The number of hydrogen-bond acceptors (Lipinski definition) is 1. The molecule has 9 aromatic rings. The topological polar surface area (TPSA) is 12.9 Å². The average molecular weight is 730 g/mol. The van der Waals surface area contributed by atoms with Crippen LogP contribution in [0.1, 0.15) is 74.9 Å². The second-order valence-electron chi connectivity index (χ2n) is 18.2.